The topological polar surface area (TPSA) is 38.8 Å². The molecule has 2 aliphatic heterocycles. The van der Waals surface area contributed by atoms with Crippen LogP contribution in [0.3, 0.4) is 0 Å². The van der Waals surface area contributed by atoms with Gasteiger partial charge in [0.25, 0.3) is 0 Å². The predicted octanol–water partition coefficient (Wildman–Crippen LogP) is 1.53. The van der Waals surface area contributed by atoms with Gasteiger partial charge in [-0.25, -0.2) is 0 Å². The number of hydrogen-bond acceptors (Lipinski definition) is 4. The van der Waals surface area contributed by atoms with Crippen LogP contribution in [0.2, 0.25) is 0 Å². The number of nitrogens with one attached hydrogen (secondary N) is 1. The molecule has 2 saturated heterocycles. The molecule has 138 valence electrons. The van der Waals surface area contributed by atoms with E-state index in [0.29, 0.717) is 12.1 Å². The lowest BCUT2D eigenvalue weighted by molar-refractivity contribution is -0.130. The Morgan fingerprint density at radius 2 is 1.64 bits per heavy atom. The van der Waals surface area contributed by atoms with E-state index < -0.39 is 0 Å². The molecule has 2 atom stereocenters. The molecule has 1 amide bonds. The first-order chi connectivity index (χ1) is 12.0. The highest BCUT2D eigenvalue weighted by atomic mass is 16.2. The van der Waals surface area contributed by atoms with Crippen molar-refractivity contribution in [1.29, 1.82) is 0 Å². The third-order valence-electron chi connectivity index (χ3n) is 5.59. The maximum atomic E-state index is 11.4. The second-order valence-electron chi connectivity index (χ2n) is 7.63. The Kier molecular flexibility index (Phi) is 6.10. The molecule has 1 aromatic carbocycles. The van der Waals surface area contributed by atoms with Crippen molar-refractivity contribution in [2.45, 2.75) is 45.9 Å². The third-order valence-corrected chi connectivity index (χ3v) is 5.59. The van der Waals surface area contributed by atoms with Gasteiger partial charge in [0.2, 0.25) is 5.91 Å². The highest BCUT2D eigenvalue weighted by Gasteiger charge is 2.24. The van der Waals surface area contributed by atoms with E-state index in [0.717, 1.165) is 52.4 Å². The number of carbonyl (C=O) groups is 1. The lowest BCUT2D eigenvalue weighted by atomic mass is 10.1. The SMILES string of the molecule is CC(=O)N1CCN(Cc2cccc(CN3[C@H](C)CNC[C@@H]3C)c2)CC1. The molecule has 0 aromatic heterocycles. The Morgan fingerprint density at radius 3 is 2.24 bits per heavy atom. The van der Waals surface area contributed by atoms with Crippen molar-refractivity contribution in [2.75, 3.05) is 39.3 Å². The molecule has 1 aromatic rings. The summed E-state index contributed by atoms with van der Waals surface area (Å²) in [6.45, 7) is 14.1. The molecule has 5 nitrogen and oxygen atoms in total. The summed E-state index contributed by atoms with van der Waals surface area (Å²) in [4.78, 5) is 18.4. The van der Waals surface area contributed by atoms with Gasteiger partial charge in [0.05, 0.1) is 0 Å². The van der Waals surface area contributed by atoms with Crippen molar-refractivity contribution >= 4 is 5.91 Å². The zero-order chi connectivity index (χ0) is 17.8. The lowest BCUT2D eigenvalue weighted by Crippen LogP contribution is -2.54. The van der Waals surface area contributed by atoms with Gasteiger partial charge in [-0.2, -0.15) is 0 Å². The van der Waals surface area contributed by atoms with Crippen molar-refractivity contribution in [3.8, 4) is 0 Å². The fourth-order valence-corrected chi connectivity index (χ4v) is 4.00. The predicted molar refractivity (Wildman–Crippen MR) is 101 cm³/mol. The van der Waals surface area contributed by atoms with Crippen LogP contribution in [-0.4, -0.2) is 72.0 Å². The van der Waals surface area contributed by atoms with Crippen molar-refractivity contribution < 1.29 is 4.79 Å². The Balaban J connectivity index is 1.57. The number of benzene rings is 1. The van der Waals surface area contributed by atoms with Crippen molar-refractivity contribution in [3.63, 3.8) is 0 Å². The van der Waals surface area contributed by atoms with Crippen molar-refractivity contribution in [1.82, 2.24) is 20.0 Å². The van der Waals surface area contributed by atoms with Gasteiger partial charge < -0.3 is 10.2 Å². The van der Waals surface area contributed by atoms with E-state index in [1.807, 2.05) is 4.90 Å². The highest BCUT2D eigenvalue weighted by molar-refractivity contribution is 5.73. The summed E-state index contributed by atoms with van der Waals surface area (Å²) in [5.41, 5.74) is 2.78. The monoisotopic (exact) mass is 344 g/mol. The number of piperazine rings is 2. The van der Waals surface area contributed by atoms with Gasteiger partial charge in [0, 0.05) is 71.4 Å². The summed E-state index contributed by atoms with van der Waals surface area (Å²) in [6, 6.07) is 10.2. The molecule has 0 saturated carbocycles. The molecule has 0 unspecified atom stereocenters. The largest absolute Gasteiger partial charge is 0.340 e. The minimum absolute atomic E-state index is 0.195. The molecule has 0 radical (unpaired) electrons. The molecule has 2 fully saturated rings. The van der Waals surface area contributed by atoms with Gasteiger partial charge in [0.15, 0.2) is 0 Å². The van der Waals surface area contributed by atoms with E-state index >= 15 is 0 Å². The molecular formula is C20H32N4O. The van der Waals surface area contributed by atoms with Crippen LogP contribution in [-0.2, 0) is 17.9 Å². The maximum Gasteiger partial charge on any atom is 0.219 e. The Morgan fingerprint density at radius 1 is 1.04 bits per heavy atom. The summed E-state index contributed by atoms with van der Waals surface area (Å²) in [7, 11) is 0. The third kappa shape index (κ3) is 4.81. The summed E-state index contributed by atoms with van der Waals surface area (Å²) in [6.07, 6.45) is 0. The maximum absolute atomic E-state index is 11.4. The van der Waals surface area contributed by atoms with Crippen LogP contribution in [0.4, 0.5) is 0 Å². The second-order valence-corrected chi connectivity index (χ2v) is 7.63. The summed E-state index contributed by atoms with van der Waals surface area (Å²) in [5.74, 6) is 0.195. The fraction of sp³-hybridized carbons (Fsp3) is 0.650. The van der Waals surface area contributed by atoms with Gasteiger partial charge in [0.1, 0.15) is 0 Å². The van der Waals surface area contributed by atoms with Crippen molar-refractivity contribution in [2.24, 2.45) is 0 Å². The Hall–Kier alpha value is -1.43. The van der Waals surface area contributed by atoms with Crippen LogP contribution in [0.25, 0.3) is 0 Å². The quantitative estimate of drug-likeness (QED) is 0.899. The number of rotatable bonds is 4. The summed E-state index contributed by atoms with van der Waals surface area (Å²) in [5, 5.41) is 3.50. The first kappa shape index (κ1) is 18.4. The van der Waals surface area contributed by atoms with Gasteiger partial charge in [-0.3, -0.25) is 14.6 Å². The lowest BCUT2D eigenvalue weighted by Gasteiger charge is -2.39. The standard InChI is InChI=1S/C20H32N4O/c1-16-12-21-13-17(2)24(16)15-20-6-4-5-19(11-20)14-22-7-9-23(10-8-22)18(3)25/h4-6,11,16-17,21H,7-10,12-15H2,1-3H3/t16-,17+. The molecule has 25 heavy (non-hydrogen) atoms. The normalized spacial score (nSPS) is 26.0. The van der Waals surface area contributed by atoms with E-state index in [9.17, 15) is 4.79 Å². The molecule has 5 heteroatoms. The van der Waals surface area contributed by atoms with Gasteiger partial charge in [-0.15, -0.1) is 0 Å². The van der Waals surface area contributed by atoms with Gasteiger partial charge in [-0.1, -0.05) is 24.3 Å². The van der Waals surface area contributed by atoms with Crippen molar-refractivity contribution in [3.05, 3.63) is 35.4 Å². The first-order valence-corrected chi connectivity index (χ1v) is 9.55. The van der Waals surface area contributed by atoms with Gasteiger partial charge >= 0.3 is 0 Å². The number of carbonyl (C=O) groups excluding carboxylic acids is 1. The second kappa shape index (κ2) is 8.30. The van der Waals surface area contributed by atoms with Crippen LogP contribution in [0.5, 0.6) is 0 Å². The average Bonchev–Trinajstić information content (AvgIpc) is 2.59. The molecule has 0 spiro atoms. The minimum atomic E-state index is 0.195. The van der Waals surface area contributed by atoms with Crippen LogP contribution in [0, 0.1) is 0 Å². The minimum Gasteiger partial charge on any atom is -0.340 e. The zero-order valence-electron chi connectivity index (χ0n) is 15.9. The Bertz CT molecular complexity index is 573. The van der Waals surface area contributed by atoms with E-state index in [1.54, 1.807) is 6.92 Å². The molecule has 0 aliphatic carbocycles. The zero-order valence-corrected chi connectivity index (χ0v) is 15.9. The molecule has 0 bridgehead atoms. The number of amides is 1. The number of hydrogen-bond donors (Lipinski definition) is 1. The van der Waals surface area contributed by atoms with E-state index in [2.05, 4.69) is 53.2 Å². The average molecular weight is 345 g/mol. The highest BCUT2D eigenvalue weighted by Crippen LogP contribution is 2.17. The summed E-state index contributed by atoms with van der Waals surface area (Å²) >= 11 is 0. The van der Waals surface area contributed by atoms with Crippen LogP contribution >= 0.6 is 0 Å². The smallest absolute Gasteiger partial charge is 0.219 e. The van der Waals surface area contributed by atoms with Gasteiger partial charge in [-0.05, 0) is 25.0 Å². The van der Waals surface area contributed by atoms with E-state index in [-0.39, 0.29) is 5.91 Å². The molecule has 2 heterocycles. The fourth-order valence-electron chi connectivity index (χ4n) is 4.00. The molecule has 3 rings (SSSR count). The van der Waals surface area contributed by atoms with E-state index in [4.69, 9.17) is 0 Å². The first-order valence-electron chi connectivity index (χ1n) is 9.55. The molecule has 1 N–H and O–H groups in total. The summed E-state index contributed by atoms with van der Waals surface area (Å²) < 4.78 is 0. The van der Waals surface area contributed by atoms with Crippen LogP contribution < -0.4 is 5.32 Å². The molecule has 2 aliphatic rings. The van der Waals surface area contributed by atoms with E-state index in [1.165, 1.54) is 11.1 Å². The molecular weight excluding hydrogens is 312 g/mol. The van der Waals surface area contributed by atoms with Crippen LogP contribution in [0.1, 0.15) is 31.9 Å². The number of nitrogens with zero attached hydrogens (tertiary/aromatic N) is 3. The Labute approximate surface area is 152 Å². The van der Waals surface area contributed by atoms with Crippen LogP contribution in [0.15, 0.2) is 24.3 Å².